The lowest BCUT2D eigenvalue weighted by Crippen LogP contribution is -2.63. The third kappa shape index (κ3) is 2.30. The van der Waals surface area contributed by atoms with Gasteiger partial charge in [0.25, 0.3) is 0 Å². The Bertz CT molecular complexity index is 263. The maximum atomic E-state index is 11.9. The highest BCUT2D eigenvalue weighted by molar-refractivity contribution is 5.96. The van der Waals surface area contributed by atoms with Crippen LogP contribution in [0.2, 0.25) is 0 Å². The van der Waals surface area contributed by atoms with E-state index in [4.69, 9.17) is 0 Å². The van der Waals surface area contributed by atoms with Crippen molar-refractivity contribution in [1.29, 1.82) is 0 Å². The SMILES string of the molecule is CCCC1NC(=O)C(C(C)C)N(C)C1=O. The Balaban J connectivity index is 2.79. The fraction of sp³-hybridized carbons (Fsp3) is 0.818. The van der Waals surface area contributed by atoms with Gasteiger partial charge in [0.05, 0.1) is 0 Å². The van der Waals surface area contributed by atoms with E-state index in [1.807, 2.05) is 20.8 Å². The van der Waals surface area contributed by atoms with Crippen molar-refractivity contribution in [2.24, 2.45) is 5.92 Å². The summed E-state index contributed by atoms with van der Waals surface area (Å²) in [7, 11) is 1.72. The van der Waals surface area contributed by atoms with Gasteiger partial charge in [0.2, 0.25) is 11.8 Å². The molecule has 2 atom stereocenters. The summed E-state index contributed by atoms with van der Waals surface area (Å²) >= 11 is 0. The van der Waals surface area contributed by atoms with Gasteiger partial charge in [-0.15, -0.1) is 0 Å². The van der Waals surface area contributed by atoms with Gasteiger partial charge in [-0.25, -0.2) is 0 Å². The van der Waals surface area contributed by atoms with Gasteiger partial charge < -0.3 is 10.2 Å². The number of carbonyl (C=O) groups is 2. The van der Waals surface area contributed by atoms with Crippen LogP contribution in [-0.4, -0.2) is 35.8 Å². The van der Waals surface area contributed by atoms with Gasteiger partial charge in [0.1, 0.15) is 12.1 Å². The summed E-state index contributed by atoms with van der Waals surface area (Å²) < 4.78 is 0. The molecular weight excluding hydrogens is 192 g/mol. The molecule has 1 aliphatic heterocycles. The Labute approximate surface area is 91.0 Å². The Morgan fingerprint density at radius 2 is 2.00 bits per heavy atom. The van der Waals surface area contributed by atoms with E-state index >= 15 is 0 Å². The number of hydrogen-bond acceptors (Lipinski definition) is 2. The average Bonchev–Trinajstić information content (AvgIpc) is 2.13. The smallest absolute Gasteiger partial charge is 0.245 e. The van der Waals surface area contributed by atoms with E-state index in [9.17, 15) is 9.59 Å². The third-order valence-electron chi connectivity index (χ3n) is 2.86. The Morgan fingerprint density at radius 3 is 2.47 bits per heavy atom. The number of piperazine rings is 1. The molecule has 0 aromatic carbocycles. The lowest BCUT2D eigenvalue weighted by molar-refractivity contribution is -0.149. The minimum absolute atomic E-state index is 0.0226. The van der Waals surface area contributed by atoms with Crippen LogP contribution in [0.5, 0.6) is 0 Å². The number of carbonyl (C=O) groups excluding carboxylic acids is 2. The second-order valence-electron chi connectivity index (χ2n) is 4.49. The van der Waals surface area contributed by atoms with Gasteiger partial charge in [0, 0.05) is 7.05 Å². The number of rotatable bonds is 3. The summed E-state index contributed by atoms with van der Waals surface area (Å²) in [4.78, 5) is 25.2. The zero-order valence-electron chi connectivity index (χ0n) is 9.91. The van der Waals surface area contributed by atoms with Crippen LogP contribution in [0.25, 0.3) is 0 Å². The van der Waals surface area contributed by atoms with Crippen LogP contribution >= 0.6 is 0 Å². The zero-order chi connectivity index (χ0) is 11.6. The molecule has 4 nitrogen and oxygen atoms in total. The maximum absolute atomic E-state index is 11.9. The number of likely N-dealkylation sites (N-methyl/N-ethyl adjacent to an activating group) is 1. The zero-order valence-corrected chi connectivity index (χ0v) is 9.91. The molecule has 1 aliphatic rings. The van der Waals surface area contributed by atoms with Gasteiger partial charge in [-0.1, -0.05) is 27.2 Å². The molecule has 0 aromatic rings. The quantitative estimate of drug-likeness (QED) is 0.751. The standard InChI is InChI=1S/C11H20N2O2/c1-5-6-8-11(15)13(4)9(7(2)3)10(14)12-8/h7-9H,5-6H2,1-4H3,(H,12,14). The van der Waals surface area contributed by atoms with E-state index in [1.54, 1.807) is 11.9 Å². The molecule has 2 unspecified atom stereocenters. The van der Waals surface area contributed by atoms with Gasteiger partial charge in [0.15, 0.2) is 0 Å². The lowest BCUT2D eigenvalue weighted by atomic mass is 9.96. The van der Waals surface area contributed by atoms with E-state index in [0.717, 1.165) is 12.8 Å². The number of nitrogens with zero attached hydrogens (tertiary/aromatic N) is 1. The summed E-state index contributed by atoms with van der Waals surface area (Å²) in [6.45, 7) is 5.91. The fourth-order valence-corrected chi connectivity index (χ4v) is 2.11. The van der Waals surface area contributed by atoms with Gasteiger partial charge in [-0.05, 0) is 12.3 Å². The predicted molar refractivity (Wildman–Crippen MR) is 58.2 cm³/mol. The van der Waals surface area contributed by atoms with Crippen LogP contribution in [0.3, 0.4) is 0 Å². The molecule has 0 aliphatic carbocycles. The van der Waals surface area contributed by atoms with Crippen LogP contribution < -0.4 is 5.32 Å². The summed E-state index contributed by atoms with van der Waals surface area (Å²) in [5.41, 5.74) is 0. The number of hydrogen-bond donors (Lipinski definition) is 1. The van der Waals surface area contributed by atoms with Gasteiger partial charge >= 0.3 is 0 Å². The lowest BCUT2D eigenvalue weighted by Gasteiger charge is -2.38. The van der Waals surface area contributed by atoms with E-state index in [2.05, 4.69) is 5.32 Å². The summed E-state index contributed by atoms with van der Waals surface area (Å²) in [6, 6.07) is -0.631. The molecule has 15 heavy (non-hydrogen) atoms. The van der Waals surface area contributed by atoms with Crippen LogP contribution in [0.4, 0.5) is 0 Å². The molecule has 0 spiro atoms. The molecule has 1 saturated heterocycles. The normalized spacial score (nSPS) is 27.1. The summed E-state index contributed by atoms with van der Waals surface area (Å²) in [5, 5.41) is 2.80. The fourth-order valence-electron chi connectivity index (χ4n) is 2.11. The highest BCUT2D eigenvalue weighted by atomic mass is 16.2. The number of nitrogens with one attached hydrogen (secondary N) is 1. The van der Waals surface area contributed by atoms with Crippen molar-refractivity contribution in [3.8, 4) is 0 Å². The second kappa shape index (κ2) is 4.64. The first-order valence-electron chi connectivity index (χ1n) is 5.56. The Kier molecular flexibility index (Phi) is 3.72. The monoisotopic (exact) mass is 212 g/mol. The van der Waals surface area contributed by atoms with Crippen molar-refractivity contribution in [3.05, 3.63) is 0 Å². The molecule has 4 heteroatoms. The predicted octanol–water partition coefficient (Wildman–Crippen LogP) is 0.768. The average molecular weight is 212 g/mol. The third-order valence-corrected chi connectivity index (χ3v) is 2.86. The van der Waals surface area contributed by atoms with Crippen molar-refractivity contribution in [1.82, 2.24) is 10.2 Å². The van der Waals surface area contributed by atoms with Crippen molar-refractivity contribution in [3.63, 3.8) is 0 Å². The Hall–Kier alpha value is -1.06. The molecule has 2 amide bonds. The highest BCUT2D eigenvalue weighted by Crippen LogP contribution is 2.17. The molecule has 0 saturated carbocycles. The molecule has 1 fully saturated rings. The first-order valence-corrected chi connectivity index (χ1v) is 5.56. The molecule has 1 N–H and O–H groups in total. The van der Waals surface area contributed by atoms with E-state index < -0.39 is 0 Å². The Morgan fingerprint density at radius 1 is 1.40 bits per heavy atom. The van der Waals surface area contributed by atoms with Crippen molar-refractivity contribution < 1.29 is 9.59 Å². The van der Waals surface area contributed by atoms with Crippen LogP contribution in [-0.2, 0) is 9.59 Å². The topological polar surface area (TPSA) is 49.4 Å². The van der Waals surface area contributed by atoms with Crippen molar-refractivity contribution in [2.45, 2.75) is 45.7 Å². The summed E-state index contributed by atoms with van der Waals surface area (Å²) in [6.07, 6.45) is 1.62. The minimum Gasteiger partial charge on any atom is -0.342 e. The number of amides is 2. The molecule has 0 aromatic heterocycles. The van der Waals surface area contributed by atoms with Gasteiger partial charge in [-0.3, -0.25) is 9.59 Å². The second-order valence-corrected chi connectivity index (χ2v) is 4.49. The minimum atomic E-state index is -0.317. The molecule has 1 rings (SSSR count). The van der Waals surface area contributed by atoms with Crippen LogP contribution in [0.15, 0.2) is 0 Å². The van der Waals surface area contributed by atoms with Crippen LogP contribution in [0.1, 0.15) is 33.6 Å². The maximum Gasteiger partial charge on any atom is 0.245 e. The van der Waals surface area contributed by atoms with Crippen molar-refractivity contribution in [2.75, 3.05) is 7.05 Å². The van der Waals surface area contributed by atoms with E-state index in [-0.39, 0.29) is 29.8 Å². The van der Waals surface area contributed by atoms with E-state index in [0.29, 0.717) is 0 Å². The largest absolute Gasteiger partial charge is 0.342 e. The molecular formula is C11H20N2O2. The molecule has 86 valence electrons. The first kappa shape index (κ1) is 12.0. The van der Waals surface area contributed by atoms with Crippen LogP contribution in [0, 0.1) is 5.92 Å². The molecule has 1 heterocycles. The summed E-state index contributed by atoms with van der Waals surface area (Å²) in [5.74, 6) is 0.169. The van der Waals surface area contributed by atoms with E-state index in [1.165, 1.54) is 0 Å². The molecule has 0 radical (unpaired) electrons. The van der Waals surface area contributed by atoms with Gasteiger partial charge in [-0.2, -0.15) is 0 Å². The van der Waals surface area contributed by atoms with Crippen molar-refractivity contribution >= 4 is 11.8 Å². The first-order chi connectivity index (χ1) is 6.99. The molecule has 0 bridgehead atoms. The highest BCUT2D eigenvalue weighted by Gasteiger charge is 2.39.